The third-order valence-corrected chi connectivity index (χ3v) is 4.79. The maximum Gasteiger partial charge on any atom is 0.114 e. The lowest BCUT2D eigenvalue weighted by Gasteiger charge is -2.23. The van der Waals surface area contributed by atoms with Gasteiger partial charge in [-0.3, -0.25) is 4.99 Å². The summed E-state index contributed by atoms with van der Waals surface area (Å²) in [4.78, 5) is 4.99. The summed E-state index contributed by atoms with van der Waals surface area (Å²) in [5, 5.41) is 0. The average molecular weight is 265 g/mol. The third kappa shape index (κ3) is 5.13. The van der Waals surface area contributed by atoms with Crippen molar-refractivity contribution in [2.24, 2.45) is 16.8 Å². The molecule has 0 aromatic heterocycles. The molecule has 3 heteroatoms. The van der Waals surface area contributed by atoms with Crippen LogP contribution >= 0.6 is 0 Å². The van der Waals surface area contributed by atoms with Crippen LogP contribution in [0.25, 0.3) is 0 Å². The molecule has 2 saturated carbocycles. The van der Waals surface area contributed by atoms with Gasteiger partial charge in [0, 0.05) is 5.92 Å². The molecule has 2 aliphatic carbocycles. The highest BCUT2D eigenvalue weighted by Crippen LogP contribution is 2.25. The molecule has 2 rings (SSSR count). The zero-order valence-corrected chi connectivity index (χ0v) is 12.4. The van der Waals surface area contributed by atoms with E-state index >= 15 is 0 Å². The number of nitrogens with two attached hydrogens (primary N) is 1. The van der Waals surface area contributed by atoms with Gasteiger partial charge in [0.2, 0.25) is 0 Å². The van der Waals surface area contributed by atoms with E-state index in [4.69, 9.17) is 10.8 Å². The number of rotatable bonds is 2. The fourth-order valence-electron chi connectivity index (χ4n) is 3.57. The van der Waals surface area contributed by atoms with Crippen LogP contribution in [-0.2, 0) is 0 Å². The lowest BCUT2D eigenvalue weighted by molar-refractivity contribution is 0.441. The summed E-state index contributed by atoms with van der Waals surface area (Å²) in [6, 6.07) is 0.527. The molecule has 110 valence electrons. The van der Waals surface area contributed by atoms with Crippen LogP contribution in [0.3, 0.4) is 0 Å². The second-order valence-electron chi connectivity index (χ2n) is 6.35. The molecule has 0 atom stereocenters. The Bertz CT molecular complexity index is 259. The van der Waals surface area contributed by atoms with E-state index in [9.17, 15) is 0 Å². The van der Waals surface area contributed by atoms with Gasteiger partial charge < -0.3 is 5.43 Å². The monoisotopic (exact) mass is 265 g/mol. The lowest BCUT2D eigenvalue weighted by Crippen LogP contribution is -2.37. The average Bonchev–Trinajstić information content (AvgIpc) is 2.65. The van der Waals surface area contributed by atoms with Gasteiger partial charge in [-0.2, -0.15) is 0 Å². The Hall–Kier alpha value is -0.570. The molecule has 0 saturated heterocycles. The number of nitrogens with zero attached hydrogens (tertiary/aromatic N) is 1. The van der Waals surface area contributed by atoms with E-state index in [2.05, 4.69) is 5.43 Å². The molecule has 0 bridgehead atoms. The van der Waals surface area contributed by atoms with Crippen molar-refractivity contribution in [2.45, 2.75) is 89.5 Å². The highest BCUT2D eigenvalue weighted by molar-refractivity contribution is 5.84. The van der Waals surface area contributed by atoms with Crippen LogP contribution in [0.2, 0.25) is 0 Å². The number of nitrogens with one attached hydrogen (secondary N) is 1. The van der Waals surface area contributed by atoms with E-state index in [0.717, 1.165) is 5.84 Å². The second-order valence-corrected chi connectivity index (χ2v) is 6.35. The Kier molecular flexibility index (Phi) is 6.69. The Morgan fingerprint density at radius 3 is 1.74 bits per heavy atom. The minimum absolute atomic E-state index is 0.527. The molecule has 0 aromatic rings. The summed E-state index contributed by atoms with van der Waals surface area (Å²) in [7, 11) is 0. The molecular weight excluding hydrogens is 234 g/mol. The largest absolute Gasteiger partial charge is 0.312 e. The quantitative estimate of drug-likeness (QED) is 0.261. The van der Waals surface area contributed by atoms with Crippen molar-refractivity contribution >= 4 is 5.84 Å². The highest BCUT2D eigenvalue weighted by atomic mass is 15.3. The molecule has 0 aliphatic heterocycles. The van der Waals surface area contributed by atoms with Crippen LogP contribution in [0.1, 0.15) is 83.5 Å². The Morgan fingerprint density at radius 2 is 1.21 bits per heavy atom. The van der Waals surface area contributed by atoms with Gasteiger partial charge in [0.1, 0.15) is 5.84 Å². The normalized spacial score (nSPS) is 25.4. The first-order valence-electron chi connectivity index (χ1n) is 8.44. The first-order valence-corrected chi connectivity index (χ1v) is 8.44. The van der Waals surface area contributed by atoms with Crippen molar-refractivity contribution in [3.8, 4) is 0 Å². The summed E-state index contributed by atoms with van der Waals surface area (Å²) < 4.78 is 0. The predicted octanol–water partition coefficient (Wildman–Crippen LogP) is 3.93. The first-order chi connectivity index (χ1) is 9.40. The molecule has 0 aromatic carbocycles. The van der Waals surface area contributed by atoms with Crippen molar-refractivity contribution in [1.82, 2.24) is 5.43 Å². The number of hydrogen-bond donors (Lipinski definition) is 2. The molecule has 0 heterocycles. The smallest absolute Gasteiger partial charge is 0.114 e. The molecular formula is C16H31N3. The molecule has 3 nitrogen and oxygen atoms in total. The molecule has 0 amide bonds. The Labute approximate surface area is 118 Å². The standard InChI is InChI=1S/C16H31N3/c17-19-16(14-10-6-2-1-3-7-11-14)18-15-12-8-4-5-9-13-15/h14-15H,1-13,17H2,(H,18,19). The van der Waals surface area contributed by atoms with E-state index in [1.54, 1.807) is 0 Å². The summed E-state index contributed by atoms with van der Waals surface area (Å²) in [5.41, 5.74) is 2.94. The van der Waals surface area contributed by atoms with Gasteiger partial charge in [-0.05, 0) is 25.7 Å². The predicted molar refractivity (Wildman–Crippen MR) is 82.1 cm³/mol. The van der Waals surface area contributed by atoms with Crippen LogP contribution in [0.4, 0.5) is 0 Å². The van der Waals surface area contributed by atoms with Crippen LogP contribution in [-0.4, -0.2) is 11.9 Å². The van der Waals surface area contributed by atoms with E-state index in [-0.39, 0.29) is 0 Å². The third-order valence-electron chi connectivity index (χ3n) is 4.79. The fourth-order valence-corrected chi connectivity index (χ4v) is 3.57. The van der Waals surface area contributed by atoms with Crippen LogP contribution in [0.15, 0.2) is 4.99 Å². The van der Waals surface area contributed by atoms with Crippen molar-refractivity contribution in [2.75, 3.05) is 0 Å². The summed E-state index contributed by atoms with van der Waals surface area (Å²) in [6.45, 7) is 0. The number of amidine groups is 1. The summed E-state index contributed by atoms with van der Waals surface area (Å²) in [5.74, 6) is 7.47. The van der Waals surface area contributed by atoms with Crippen molar-refractivity contribution < 1.29 is 0 Å². The zero-order valence-electron chi connectivity index (χ0n) is 12.4. The molecule has 3 N–H and O–H groups in total. The van der Waals surface area contributed by atoms with E-state index in [0.29, 0.717) is 12.0 Å². The molecule has 2 fully saturated rings. The topological polar surface area (TPSA) is 50.4 Å². The Morgan fingerprint density at radius 1 is 0.737 bits per heavy atom. The van der Waals surface area contributed by atoms with Gasteiger partial charge in [-0.1, -0.05) is 57.8 Å². The van der Waals surface area contributed by atoms with Crippen LogP contribution in [0.5, 0.6) is 0 Å². The molecule has 2 aliphatic rings. The zero-order chi connectivity index (χ0) is 13.3. The van der Waals surface area contributed by atoms with Crippen molar-refractivity contribution in [3.63, 3.8) is 0 Å². The van der Waals surface area contributed by atoms with Crippen molar-refractivity contribution in [1.29, 1.82) is 0 Å². The minimum Gasteiger partial charge on any atom is -0.312 e. The Balaban J connectivity index is 1.95. The maximum absolute atomic E-state index is 5.77. The van der Waals surface area contributed by atoms with Gasteiger partial charge in [0.05, 0.1) is 6.04 Å². The summed E-state index contributed by atoms with van der Waals surface area (Å²) >= 11 is 0. The van der Waals surface area contributed by atoms with Gasteiger partial charge in [0.15, 0.2) is 0 Å². The minimum atomic E-state index is 0.527. The second kappa shape index (κ2) is 8.57. The van der Waals surface area contributed by atoms with E-state index in [1.165, 1.54) is 83.5 Å². The molecule has 0 spiro atoms. The molecule has 0 radical (unpaired) electrons. The van der Waals surface area contributed by atoms with Crippen LogP contribution < -0.4 is 11.3 Å². The fraction of sp³-hybridized carbons (Fsp3) is 0.938. The number of hydrogen-bond acceptors (Lipinski definition) is 2. The van der Waals surface area contributed by atoms with Crippen LogP contribution in [0, 0.1) is 5.92 Å². The highest BCUT2D eigenvalue weighted by Gasteiger charge is 2.19. The number of hydrazine groups is 1. The van der Waals surface area contributed by atoms with Gasteiger partial charge in [-0.25, -0.2) is 5.84 Å². The van der Waals surface area contributed by atoms with Crippen molar-refractivity contribution in [3.05, 3.63) is 0 Å². The number of aliphatic imine (C=N–C) groups is 1. The van der Waals surface area contributed by atoms with E-state index < -0.39 is 0 Å². The maximum atomic E-state index is 5.77. The SMILES string of the molecule is NNC(=NC1CCCCCC1)C1CCCCCCC1. The van der Waals surface area contributed by atoms with E-state index in [1.807, 2.05) is 0 Å². The summed E-state index contributed by atoms with van der Waals surface area (Å²) in [6.07, 6.45) is 17.4. The van der Waals surface area contributed by atoms with Gasteiger partial charge in [-0.15, -0.1) is 0 Å². The molecule has 0 unspecified atom stereocenters. The lowest BCUT2D eigenvalue weighted by atomic mass is 9.90. The molecule has 19 heavy (non-hydrogen) atoms. The first kappa shape index (κ1) is 14.8. The van der Waals surface area contributed by atoms with Gasteiger partial charge in [0.25, 0.3) is 0 Å². The van der Waals surface area contributed by atoms with Gasteiger partial charge >= 0.3 is 0 Å².